The summed E-state index contributed by atoms with van der Waals surface area (Å²) in [4.78, 5) is 42.2. The van der Waals surface area contributed by atoms with E-state index in [4.69, 9.17) is 0 Å². The summed E-state index contributed by atoms with van der Waals surface area (Å²) in [7, 11) is 0. The van der Waals surface area contributed by atoms with Crippen molar-refractivity contribution in [2.24, 2.45) is 0 Å². The largest absolute Gasteiger partial charge is 4.00 e. The number of carboxylic acids is 4. The molecule has 0 bridgehead atoms. The van der Waals surface area contributed by atoms with E-state index in [2.05, 4.69) is 0 Å². The molecule has 0 aliphatic carbocycles. The number of aliphatic hydroxyl groups is 4. The molecule has 12 nitrogen and oxygen atoms in total. The van der Waals surface area contributed by atoms with Gasteiger partial charge < -0.3 is 60.0 Å². The Morgan fingerprint density at radius 2 is 0.621 bits per heavy atom. The first-order valence-electron chi connectivity index (χ1n) is 8.27. The average molecular weight is 456 g/mol. The molecule has 4 atom stereocenters. The van der Waals surface area contributed by atoms with Crippen molar-refractivity contribution in [1.29, 1.82) is 0 Å². The van der Waals surface area contributed by atoms with Gasteiger partial charge in [-0.25, -0.2) is 0 Å². The van der Waals surface area contributed by atoms with Crippen molar-refractivity contribution in [1.82, 2.24) is 0 Å². The number of hydrogen-bond donors (Lipinski definition) is 4. The third-order valence-corrected chi connectivity index (χ3v) is 4.77. The fraction of sp³-hybridized carbons (Fsp3) is 0.750. The van der Waals surface area contributed by atoms with Crippen molar-refractivity contribution in [3.8, 4) is 0 Å². The van der Waals surface area contributed by atoms with Crippen LogP contribution in [0.1, 0.15) is 53.4 Å². The van der Waals surface area contributed by atoms with Crippen LogP contribution in [0, 0.1) is 0 Å². The van der Waals surface area contributed by atoms with E-state index in [9.17, 15) is 60.0 Å². The van der Waals surface area contributed by atoms with Crippen molar-refractivity contribution in [2.75, 3.05) is 0 Å². The average Bonchev–Trinajstić information content (AvgIpc) is 2.64. The Kier molecular flexibility index (Phi) is 12.8. The Balaban J connectivity index is -0.000000451. The summed E-state index contributed by atoms with van der Waals surface area (Å²) in [6.45, 7) is 4.89. The van der Waals surface area contributed by atoms with Crippen LogP contribution in [0.15, 0.2) is 0 Å². The molecule has 0 aliphatic heterocycles. The minimum absolute atomic E-state index is 0. The molecule has 4 unspecified atom stereocenters. The molecule has 4 N–H and O–H groups in total. The molecule has 0 rings (SSSR count). The van der Waals surface area contributed by atoms with Gasteiger partial charge in [-0.3, -0.25) is 0 Å². The molecule has 0 saturated heterocycles. The number of carbonyl (C=O) groups excluding carboxylic acids is 4. The van der Waals surface area contributed by atoms with Crippen LogP contribution < -0.4 is 20.4 Å². The molecule has 0 amide bonds. The summed E-state index contributed by atoms with van der Waals surface area (Å²) in [6, 6.07) is 0. The normalized spacial score (nSPS) is 18.8. The molecule has 0 aliphatic rings. The van der Waals surface area contributed by atoms with Crippen LogP contribution in [-0.4, -0.2) is 66.7 Å². The minimum atomic E-state index is -2.83. The van der Waals surface area contributed by atoms with Crippen LogP contribution in [0.25, 0.3) is 0 Å². The predicted octanol–water partition coefficient (Wildman–Crippen LogP) is -6.47. The van der Waals surface area contributed by atoms with Crippen molar-refractivity contribution in [3.05, 3.63) is 0 Å². The van der Waals surface area contributed by atoms with E-state index < -0.39 is 72.0 Å². The molecule has 0 aromatic heterocycles. The Bertz CT molecular complexity index is 507. The molecule has 13 heteroatoms. The number of rotatable bonds is 10. The van der Waals surface area contributed by atoms with Gasteiger partial charge in [0, 0.05) is 0 Å². The van der Waals surface area contributed by atoms with E-state index in [0.717, 1.165) is 0 Å². The minimum Gasteiger partial charge on any atom is -0.547 e. The number of aliphatic carboxylic acids is 4. The standard InChI is InChI=1S/2C8H14O6.Ti/c2*1-3-7(13,5(9)10)8(14,4-2)6(11)12;/h2*13-14H,3-4H2,1-2H3,(H,9,10)(H,11,12);/q;;+4/p-4. The topological polar surface area (TPSA) is 241 Å². The van der Waals surface area contributed by atoms with E-state index in [1.807, 2.05) is 0 Å². The van der Waals surface area contributed by atoms with Gasteiger partial charge in [0.25, 0.3) is 0 Å². The zero-order valence-electron chi connectivity index (χ0n) is 16.4. The van der Waals surface area contributed by atoms with Crippen molar-refractivity contribution < 1.29 is 81.7 Å². The van der Waals surface area contributed by atoms with Crippen LogP contribution in [0.5, 0.6) is 0 Å². The maximum absolute atomic E-state index is 10.6. The molecule has 29 heavy (non-hydrogen) atoms. The molecule has 0 aromatic carbocycles. The third-order valence-electron chi connectivity index (χ3n) is 4.77. The summed E-state index contributed by atoms with van der Waals surface area (Å²) in [5.41, 5.74) is -11.3. The summed E-state index contributed by atoms with van der Waals surface area (Å²) < 4.78 is 0. The first-order valence-corrected chi connectivity index (χ1v) is 8.27. The summed E-state index contributed by atoms with van der Waals surface area (Å²) >= 11 is 0. The fourth-order valence-corrected chi connectivity index (χ4v) is 2.42. The van der Waals surface area contributed by atoms with Gasteiger partial charge in [-0.1, -0.05) is 27.7 Å². The molecule has 0 radical (unpaired) electrons. The second-order valence-electron chi connectivity index (χ2n) is 6.01. The van der Waals surface area contributed by atoms with E-state index in [1.54, 1.807) is 0 Å². The van der Waals surface area contributed by atoms with Gasteiger partial charge in [-0.05, 0) is 25.7 Å². The monoisotopic (exact) mass is 456 g/mol. The predicted molar refractivity (Wildman–Crippen MR) is 81.0 cm³/mol. The molecular formula is C16H24O12Ti. The van der Waals surface area contributed by atoms with Gasteiger partial charge in [0.15, 0.2) is 0 Å². The first kappa shape index (κ1) is 32.1. The second-order valence-corrected chi connectivity index (χ2v) is 6.01. The van der Waals surface area contributed by atoms with Crippen molar-refractivity contribution >= 4 is 23.9 Å². The molecule has 0 saturated carbocycles. The van der Waals surface area contributed by atoms with Gasteiger partial charge in [-0.15, -0.1) is 0 Å². The first-order chi connectivity index (χ1) is 12.5. The molecule has 0 aromatic rings. The van der Waals surface area contributed by atoms with Gasteiger partial charge in [-0.2, -0.15) is 0 Å². The van der Waals surface area contributed by atoms with Crippen LogP contribution in [0.3, 0.4) is 0 Å². The van der Waals surface area contributed by atoms with Crippen LogP contribution >= 0.6 is 0 Å². The van der Waals surface area contributed by atoms with Crippen molar-refractivity contribution in [2.45, 2.75) is 75.8 Å². The summed E-state index contributed by atoms with van der Waals surface area (Å²) in [5, 5.41) is 80.0. The van der Waals surface area contributed by atoms with Gasteiger partial charge in [0.1, 0.15) is 22.4 Å². The Morgan fingerprint density at radius 1 is 0.517 bits per heavy atom. The fourth-order valence-electron chi connectivity index (χ4n) is 2.42. The van der Waals surface area contributed by atoms with E-state index in [-0.39, 0.29) is 21.7 Å². The number of hydrogen-bond acceptors (Lipinski definition) is 12. The molecule has 0 spiro atoms. The summed E-state index contributed by atoms with van der Waals surface area (Å²) in [6.07, 6.45) is -1.97. The maximum Gasteiger partial charge on any atom is 4.00 e. The zero-order valence-corrected chi connectivity index (χ0v) is 17.9. The van der Waals surface area contributed by atoms with Crippen LogP contribution in [-0.2, 0) is 40.9 Å². The van der Waals surface area contributed by atoms with E-state index in [0.29, 0.717) is 0 Å². The number of carbonyl (C=O) groups is 4. The third kappa shape index (κ3) is 5.74. The molecule has 164 valence electrons. The quantitative estimate of drug-likeness (QED) is 0.224. The maximum atomic E-state index is 10.6. The van der Waals surface area contributed by atoms with Crippen LogP contribution in [0.4, 0.5) is 0 Å². The van der Waals surface area contributed by atoms with E-state index >= 15 is 0 Å². The number of carboxylic acid groups (broad SMARTS) is 4. The molecular weight excluding hydrogens is 432 g/mol. The molecule has 0 fully saturated rings. The SMILES string of the molecule is CCC(O)(C(=O)[O-])C(O)(CC)C(=O)[O-].CCC(O)(C(=O)[O-])C(O)(CC)C(=O)[O-].[Ti+4]. The molecule has 0 heterocycles. The Hall–Kier alpha value is -1.57. The second kappa shape index (κ2) is 11.6. The van der Waals surface area contributed by atoms with E-state index in [1.165, 1.54) is 27.7 Å². The Morgan fingerprint density at radius 3 is 0.655 bits per heavy atom. The van der Waals surface area contributed by atoms with Gasteiger partial charge in [0.2, 0.25) is 0 Å². The Labute approximate surface area is 181 Å². The summed E-state index contributed by atoms with van der Waals surface area (Å²) in [5.74, 6) is -8.13. The van der Waals surface area contributed by atoms with Gasteiger partial charge in [0.05, 0.1) is 23.9 Å². The van der Waals surface area contributed by atoms with Gasteiger partial charge >= 0.3 is 21.7 Å². The zero-order chi connectivity index (χ0) is 23.1. The van der Waals surface area contributed by atoms with Crippen LogP contribution in [0.2, 0.25) is 0 Å². The van der Waals surface area contributed by atoms with Crippen molar-refractivity contribution in [3.63, 3.8) is 0 Å². The smallest absolute Gasteiger partial charge is 0.547 e.